The standard InChI is InChI=1S/C21H26N2O4/c1-14-7-5-6-8-16(14)20(23(2)3)21(24)22-13-15-11-18-19(12-17(15)25-4)27-10-9-26-18/h5-8,11-12,20H,9-10,13H2,1-4H3,(H,22,24). The lowest BCUT2D eigenvalue weighted by Gasteiger charge is -2.26. The van der Waals surface area contributed by atoms with Crippen molar-refractivity contribution in [1.82, 2.24) is 10.2 Å². The molecule has 0 aliphatic carbocycles. The molecule has 2 aromatic carbocycles. The molecule has 2 aromatic rings. The molecule has 0 radical (unpaired) electrons. The number of nitrogens with one attached hydrogen (secondary N) is 1. The molecule has 0 bridgehead atoms. The number of carbonyl (C=O) groups excluding carboxylic acids is 1. The van der Waals surface area contributed by atoms with Crippen LogP contribution >= 0.6 is 0 Å². The molecule has 6 nitrogen and oxygen atoms in total. The molecule has 1 aliphatic heterocycles. The van der Waals surface area contributed by atoms with Crippen LogP contribution in [0, 0.1) is 6.92 Å². The minimum Gasteiger partial charge on any atom is -0.496 e. The average Bonchev–Trinajstić information content (AvgIpc) is 2.67. The maximum atomic E-state index is 12.9. The topological polar surface area (TPSA) is 60.0 Å². The molecular formula is C21H26N2O4. The van der Waals surface area contributed by atoms with E-state index in [0.717, 1.165) is 16.7 Å². The van der Waals surface area contributed by atoms with Gasteiger partial charge < -0.3 is 19.5 Å². The van der Waals surface area contributed by atoms with Gasteiger partial charge in [0.15, 0.2) is 11.5 Å². The van der Waals surface area contributed by atoms with Gasteiger partial charge in [0.25, 0.3) is 0 Å². The second-order valence-electron chi connectivity index (χ2n) is 6.75. The zero-order valence-electron chi connectivity index (χ0n) is 16.2. The van der Waals surface area contributed by atoms with Crippen LogP contribution in [-0.4, -0.2) is 45.2 Å². The van der Waals surface area contributed by atoms with Gasteiger partial charge in [-0.25, -0.2) is 0 Å². The molecule has 3 rings (SSSR count). The van der Waals surface area contributed by atoms with E-state index in [0.29, 0.717) is 37.0 Å². The first kappa shape index (κ1) is 19.0. The second kappa shape index (κ2) is 8.31. The third kappa shape index (κ3) is 4.17. The fourth-order valence-electron chi connectivity index (χ4n) is 3.27. The molecule has 1 aliphatic rings. The third-order valence-electron chi connectivity index (χ3n) is 4.65. The number of hydrogen-bond donors (Lipinski definition) is 1. The highest BCUT2D eigenvalue weighted by atomic mass is 16.6. The van der Waals surface area contributed by atoms with Crippen LogP contribution in [0.5, 0.6) is 17.2 Å². The molecule has 0 spiro atoms. The quantitative estimate of drug-likeness (QED) is 0.847. The second-order valence-corrected chi connectivity index (χ2v) is 6.75. The predicted octanol–water partition coefficient (Wildman–Crippen LogP) is 2.69. The molecule has 0 aromatic heterocycles. The summed E-state index contributed by atoms with van der Waals surface area (Å²) in [6.45, 7) is 3.39. The zero-order chi connectivity index (χ0) is 19.4. The SMILES string of the molecule is COc1cc2c(cc1CNC(=O)C(c1ccccc1C)N(C)C)OCCO2. The molecule has 1 N–H and O–H groups in total. The van der Waals surface area contributed by atoms with Crippen molar-refractivity contribution >= 4 is 5.91 Å². The minimum atomic E-state index is -0.366. The summed E-state index contributed by atoms with van der Waals surface area (Å²) in [5.74, 6) is 1.94. The van der Waals surface area contributed by atoms with E-state index in [4.69, 9.17) is 14.2 Å². The van der Waals surface area contributed by atoms with E-state index in [-0.39, 0.29) is 11.9 Å². The van der Waals surface area contributed by atoms with Gasteiger partial charge in [-0.2, -0.15) is 0 Å². The summed E-state index contributed by atoms with van der Waals surface area (Å²) >= 11 is 0. The Hall–Kier alpha value is -2.73. The van der Waals surface area contributed by atoms with Crippen LogP contribution in [0.1, 0.15) is 22.7 Å². The monoisotopic (exact) mass is 370 g/mol. The van der Waals surface area contributed by atoms with E-state index < -0.39 is 0 Å². The van der Waals surface area contributed by atoms with Crippen LogP contribution in [0.25, 0.3) is 0 Å². The van der Waals surface area contributed by atoms with Crippen molar-refractivity contribution < 1.29 is 19.0 Å². The summed E-state index contributed by atoms with van der Waals surface area (Å²) < 4.78 is 16.7. The van der Waals surface area contributed by atoms with Crippen LogP contribution in [0.15, 0.2) is 36.4 Å². The van der Waals surface area contributed by atoms with Gasteiger partial charge in [-0.1, -0.05) is 24.3 Å². The van der Waals surface area contributed by atoms with Gasteiger partial charge in [-0.15, -0.1) is 0 Å². The third-order valence-corrected chi connectivity index (χ3v) is 4.65. The molecule has 1 amide bonds. The van der Waals surface area contributed by atoms with Crippen molar-refractivity contribution in [2.45, 2.75) is 19.5 Å². The Bertz CT molecular complexity index is 820. The van der Waals surface area contributed by atoms with Crippen molar-refractivity contribution in [1.29, 1.82) is 0 Å². The van der Waals surface area contributed by atoms with Crippen molar-refractivity contribution in [3.05, 3.63) is 53.1 Å². The summed E-state index contributed by atoms with van der Waals surface area (Å²) in [7, 11) is 5.41. The maximum absolute atomic E-state index is 12.9. The largest absolute Gasteiger partial charge is 0.496 e. The summed E-state index contributed by atoms with van der Waals surface area (Å²) in [6.07, 6.45) is 0. The lowest BCUT2D eigenvalue weighted by atomic mass is 9.99. The van der Waals surface area contributed by atoms with Gasteiger partial charge in [0, 0.05) is 18.2 Å². The van der Waals surface area contributed by atoms with Gasteiger partial charge in [0.2, 0.25) is 5.91 Å². The number of fused-ring (bicyclic) bond motifs is 1. The first-order chi connectivity index (χ1) is 13.0. The Balaban J connectivity index is 1.79. The Morgan fingerprint density at radius 2 is 1.85 bits per heavy atom. The van der Waals surface area contributed by atoms with Crippen LogP contribution in [0.2, 0.25) is 0 Å². The number of hydrogen-bond acceptors (Lipinski definition) is 5. The van der Waals surface area contributed by atoms with Gasteiger partial charge >= 0.3 is 0 Å². The molecule has 6 heteroatoms. The van der Waals surface area contributed by atoms with Crippen molar-refractivity contribution in [2.24, 2.45) is 0 Å². The average molecular weight is 370 g/mol. The Labute approximate surface area is 160 Å². The highest BCUT2D eigenvalue weighted by Crippen LogP contribution is 2.36. The number of nitrogens with zero attached hydrogens (tertiary/aromatic N) is 1. The molecule has 27 heavy (non-hydrogen) atoms. The molecular weight excluding hydrogens is 344 g/mol. The number of amides is 1. The number of benzene rings is 2. The van der Waals surface area contributed by atoms with Gasteiger partial charge in [0.05, 0.1) is 7.11 Å². The number of aryl methyl sites for hydroxylation is 1. The number of carbonyl (C=O) groups is 1. The highest BCUT2D eigenvalue weighted by Gasteiger charge is 2.25. The number of ether oxygens (including phenoxy) is 3. The predicted molar refractivity (Wildman–Crippen MR) is 103 cm³/mol. The molecule has 0 saturated heterocycles. The fourth-order valence-corrected chi connectivity index (χ4v) is 3.27. The summed E-state index contributed by atoms with van der Waals surface area (Å²) in [6, 6.07) is 11.2. The van der Waals surface area contributed by atoms with Gasteiger partial charge in [0.1, 0.15) is 25.0 Å². The van der Waals surface area contributed by atoms with Crippen molar-refractivity contribution in [3.8, 4) is 17.2 Å². The van der Waals surface area contributed by atoms with Crippen LogP contribution in [0.4, 0.5) is 0 Å². The molecule has 144 valence electrons. The van der Waals surface area contributed by atoms with E-state index in [2.05, 4.69) is 5.32 Å². The minimum absolute atomic E-state index is 0.0637. The lowest BCUT2D eigenvalue weighted by molar-refractivity contribution is -0.126. The number of rotatable bonds is 6. The smallest absolute Gasteiger partial charge is 0.242 e. The highest BCUT2D eigenvalue weighted by molar-refractivity contribution is 5.83. The Kier molecular flexibility index (Phi) is 5.86. The molecule has 0 saturated carbocycles. The summed E-state index contributed by atoms with van der Waals surface area (Å²) in [5.41, 5.74) is 2.93. The van der Waals surface area contributed by atoms with Gasteiger partial charge in [-0.05, 0) is 38.2 Å². The molecule has 1 heterocycles. The summed E-state index contributed by atoms with van der Waals surface area (Å²) in [4.78, 5) is 14.9. The van der Waals surface area contributed by atoms with E-state index in [1.54, 1.807) is 13.2 Å². The van der Waals surface area contributed by atoms with Crippen LogP contribution in [0.3, 0.4) is 0 Å². The lowest BCUT2D eigenvalue weighted by Crippen LogP contribution is -2.37. The normalized spacial score (nSPS) is 14.0. The van der Waals surface area contributed by atoms with E-state index >= 15 is 0 Å². The number of methoxy groups -OCH3 is 1. The first-order valence-corrected chi connectivity index (χ1v) is 8.97. The maximum Gasteiger partial charge on any atom is 0.242 e. The fraction of sp³-hybridized carbons (Fsp3) is 0.381. The molecule has 1 unspecified atom stereocenters. The molecule has 0 fully saturated rings. The van der Waals surface area contributed by atoms with Crippen LogP contribution < -0.4 is 19.5 Å². The Morgan fingerprint density at radius 3 is 2.48 bits per heavy atom. The van der Waals surface area contributed by atoms with E-state index in [1.165, 1.54) is 0 Å². The van der Waals surface area contributed by atoms with Crippen LogP contribution in [-0.2, 0) is 11.3 Å². The summed E-state index contributed by atoms with van der Waals surface area (Å²) in [5, 5.41) is 3.03. The van der Waals surface area contributed by atoms with Crippen molar-refractivity contribution in [2.75, 3.05) is 34.4 Å². The molecule has 1 atom stereocenters. The van der Waals surface area contributed by atoms with Gasteiger partial charge in [-0.3, -0.25) is 9.69 Å². The zero-order valence-corrected chi connectivity index (χ0v) is 16.2. The van der Waals surface area contributed by atoms with E-state index in [1.807, 2.05) is 56.3 Å². The van der Waals surface area contributed by atoms with E-state index in [9.17, 15) is 4.79 Å². The first-order valence-electron chi connectivity index (χ1n) is 8.97. The van der Waals surface area contributed by atoms with Crippen molar-refractivity contribution in [3.63, 3.8) is 0 Å². The Morgan fingerprint density at radius 1 is 1.19 bits per heavy atom. The number of likely N-dealkylation sites (N-methyl/N-ethyl adjacent to an activating group) is 1.